The van der Waals surface area contributed by atoms with Crippen molar-refractivity contribution in [1.29, 1.82) is 0 Å². The smallest absolute Gasteiger partial charge is 0.0108 e. The van der Waals surface area contributed by atoms with Crippen molar-refractivity contribution in [3.05, 3.63) is 11.6 Å². The highest BCUT2D eigenvalue weighted by Gasteiger charge is 2.56. The van der Waals surface area contributed by atoms with E-state index in [1.54, 1.807) is 5.57 Å². The van der Waals surface area contributed by atoms with Crippen LogP contribution in [-0.2, 0) is 0 Å². The van der Waals surface area contributed by atoms with Gasteiger partial charge in [-0.1, -0.05) is 39.3 Å². The summed E-state index contributed by atoms with van der Waals surface area (Å²) < 4.78 is 0. The fourth-order valence-corrected chi connectivity index (χ4v) is 4.31. The molecule has 74 valence electrons. The van der Waals surface area contributed by atoms with E-state index >= 15 is 0 Å². The first-order valence-corrected chi connectivity index (χ1v) is 5.56. The summed E-state index contributed by atoms with van der Waals surface area (Å²) in [5, 5.41) is 0. The predicted molar refractivity (Wildman–Crippen MR) is 57.5 cm³/mol. The van der Waals surface area contributed by atoms with Gasteiger partial charge in [-0.3, -0.25) is 0 Å². The van der Waals surface area contributed by atoms with Crippen LogP contribution < -0.4 is 0 Å². The van der Waals surface area contributed by atoms with Gasteiger partial charge < -0.3 is 0 Å². The van der Waals surface area contributed by atoms with Crippen molar-refractivity contribution >= 4 is 0 Å². The number of hydrogen-bond donors (Lipinski definition) is 0. The van der Waals surface area contributed by atoms with E-state index < -0.39 is 0 Å². The van der Waals surface area contributed by atoms with E-state index in [-0.39, 0.29) is 0 Å². The maximum atomic E-state index is 2.45. The zero-order valence-electron chi connectivity index (χ0n) is 9.65. The molecule has 2 saturated carbocycles. The summed E-state index contributed by atoms with van der Waals surface area (Å²) in [6.45, 7) is 12.0. The highest BCUT2D eigenvalue weighted by atomic mass is 14.6. The molecule has 2 aliphatic carbocycles. The lowest BCUT2D eigenvalue weighted by atomic mass is 9.62. The van der Waals surface area contributed by atoms with Gasteiger partial charge in [0.15, 0.2) is 0 Å². The maximum absolute atomic E-state index is 2.45. The van der Waals surface area contributed by atoms with Crippen molar-refractivity contribution < 1.29 is 0 Å². The van der Waals surface area contributed by atoms with E-state index in [1.165, 1.54) is 12.8 Å². The van der Waals surface area contributed by atoms with Crippen LogP contribution in [0.5, 0.6) is 0 Å². The lowest BCUT2D eigenvalue weighted by Gasteiger charge is -2.43. The molecular formula is C13H22. The normalized spacial score (nSPS) is 43.0. The molecule has 2 unspecified atom stereocenters. The van der Waals surface area contributed by atoms with E-state index in [0.717, 1.165) is 11.8 Å². The summed E-state index contributed by atoms with van der Waals surface area (Å²) in [5.41, 5.74) is 2.79. The van der Waals surface area contributed by atoms with Crippen LogP contribution in [-0.4, -0.2) is 0 Å². The molecule has 2 fully saturated rings. The fourth-order valence-electron chi connectivity index (χ4n) is 4.31. The lowest BCUT2D eigenvalue weighted by Crippen LogP contribution is -2.34. The summed E-state index contributed by atoms with van der Waals surface area (Å²) in [4.78, 5) is 0. The van der Waals surface area contributed by atoms with Gasteiger partial charge >= 0.3 is 0 Å². The van der Waals surface area contributed by atoms with Crippen LogP contribution in [0.2, 0.25) is 0 Å². The summed E-state index contributed by atoms with van der Waals surface area (Å²) in [6.07, 6.45) is 5.24. The molecule has 13 heavy (non-hydrogen) atoms. The van der Waals surface area contributed by atoms with Crippen molar-refractivity contribution in [2.24, 2.45) is 22.7 Å². The highest BCUT2D eigenvalue weighted by molar-refractivity contribution is 5.28. The Morgan fingerprint density at radius 3 is 2.23 bits per heavy atom. The molecule has 0 heteroatoms. The second kappa shape index (κ2) is 2.40. The van der Waals surface area contributed by atoms with Crippen molar-refractivity contribution in [2.45, 2.75) is 47.5 Å². The zero-order valence-corrected chi connectivity index (χ0v) is 9.65. The topological polar surface area (TPSA) is 0 Å². The predicted octanol–water partition coefficient (Wildman–Crippen LogP) is 4.02. The van der Waals surface area contributed by atoms with Gasteiger partial charge in [-0.25, -0.2) is 0 Å². The molecule has 0 heterocycles. The fraction of sp³-hybridized carbons (Fsp3) is 0.846. The third kappa shape index (κ3) is 1.04. The Kier molecular flexibility index (Phi) is 1.72. The van der Waals surface area contributed by atoms with Gasteiger partial charge in [0.05, 0.1) is 0 Å². The summed E-state index contributed by atoms with van der Waals surface area (Å²) in [7, 11) is 0. The minimum atomic E-state index is 0.473. The summed E-state index contributed by atoms with van der Waals surface area (Å²) >= 11 is 0. The van der Waals surface area contributed by atoms with Gasteiger partial charge in [0.1, 0.15) is 0 Å². The molecule has 0 aromatic rings. The Labute approximate surface area is 82.4 Å². The maximum Gasteiger partial charge on any atom is -0.0108 e. The molecule has 0 saturated heterocycles. The molecule has 0 aromatic carbocycles. The lowest BCUT2D eigenvalue weighted by molar-refractivity contribution is 0.126. The molecule has 2 aliphatic rings. The Hall–Kier alpha value is -0.260. The first-order chi connectivity index (χ1) is 5.89. The second-order valence-corrected chi connectivity index (χ2v) is 6.14. The molecular weight excluding hydrogens is 156 g/mol. The van der Waals surface area contributed by atoms with Crippen LogP contribution in [0.25, 0.3) is 0 Å². The van der Waals surface area contributed by atoms with Gasteiger partial charge in [-0.05, 0) is 42.4 Å². The van der Waals surface area contributed by atoms with E-state index in [0.29, 0.717) is 10.8 Å². The third-order valence-electron chi connectivity index (χ3n) is 4.60. The Morgan fingerprint density at radius 1 is 1.23 bits per heavy atom. The standard InChI is InChI=1S/C13H22/c1-6-10-9-7-11(13(10,4)5)12(2,3)8-9/h6,9,11H,7-8H2,1-5H3/b10-6+. The molecule has 0 aromatic heterocycles. The average molecular weight is 178 g/mol. The second-order valence-electron chi connectivity index (χ2n) is 6.14. The van der Waals surface area contributed by atoms with E-state index in [9.17, 15) is 0 Å². The minimum Gasteiger partial charge on any atom is -0.0876 e. The van der Waals surface area contributed by atoms with E-state index in [1.807, 2.05) is 0 Å². The van der Waals surface area contributed by atoms with Gasteiger partial charge in [-0.15, -0.1) is 0 Å². The van der Waals surface area contributed by atoms with Crippen molar-refractivity contribution in [1.82, 2.24) is 0 Å². The van der Waals surface area contributed by atoms with Gasteiger partial charge in [-0.2, -0.15) is 0 Å². The van der Waals surface area contributed by atoms with Crippen LogP contribution in [0, 0.1) is 22.7 Å². The summed E-state index contributed by atoms with van der Waals surface area (Å²) in [5.74, 6) is 1.82. The average Bonchev–Trinajstić information content (AvgIpc) is 2.37. The molecule has 0 amide bonds. The molecule has 2 atom stereocenters. The van der Waals surface area contributed by atoms with Gasteiger partial charge in [0.2, 0.25) is 0 Å². The first kappa shape index (κ1) is 9.30. The number of hydrogen-bond acceptors (Lipinski definition) is 0. The summed E-state index contributed by atoms with van der Waals surface area (Å²) in [6, 6.07) is 0. The Bertz CT molecular complexity index is 255. The van der Waals surface area contributed by atoms with Crippen molar-refractivity contribution in [2.75, 3.05) is 0 Å². The van der Waals surface area contributed by atoms with E-state index in [4.69, 9.17) is 0 Å². The highest BCUT2D eigenvalue weighted by Crippen LogP contribution is 2.66. The molecule has 0 nitrogen and oxygen atoms in total. The molecule has 0 aliphatic heterocycles. The monoisotopic (exact) mass is 178 g/mol. The quantitative estimate of drug-likeness (QED) is 0.491. The van der Waals surface area contributed by atoms with E-state index in [2.05, 4.69) is 40.7 Å². The van der Waals surface area contributed by atoms with Crippen LogP contribution in [0.1, 0.15) is 47.5 Å². The molecule has 0 N–H and O–H groups in total. The van der Waals surface area contributed by atoms with Crippen LogP contribution in [0.4, 0.5) is 0 Å². The SMILES string of the molecule is C/C=C1\C2CC(C(C)(C)C2)C1(C)C. The largest absolute Gasteiger partial charge is 0.0876 e. The Morgan fingerprint density at radius 2 is 1.85 bits per heavy atom. The van der Waals surface area contributed by atoms with Crippen molar-refractivity contribution in [3.8, 4) is 0 Å². The molecule has 2 bridgehead atoms. The third-order valence-corrected chi connectivity index (χ3v) is 4.60. The molecule has 2 rings (SSSR count). The van der Waals surface area contributed by atoms with Gasteiger partial charge in [0.25, 0.3) is 0 Å². The number of rotatable bonds is 0. The molecule has 0 spiro atoms. The number of fused-ring (bicyclic) bond motifs is 2. The number of allylic oxidation sites excluding steroid dienone is 2. The zero-order chi connectivity index (χ0) is 9.85. The van der Waals surface area contributed by atoms with Crippen molar-refractivity contribution in [3.63, 3.8) is 0 Å². The van der Waals surface area contributed by atoms with Crippen LogP contribution in [0.15, 0.2) is 11.6 Å². The minimum absolute atomic E-state index is 0.473. The molecule has 0 radical (unpaired) electrons. The first-order valence-electron chi connectivity index (χ1n) is 5.56. The van der Waals surface area contributed by atoms with Crippen LogP contribution >= 0.6 is 0 Å². The van der Waals surface area contributed by atoms with Crippen LogP contribution in [0.3, 0.4) is 0 Å². The van der Waals surface area contributed by atoms with Gasteiger partial charge in [0, 0.05) is 0 Å². The Balaban J connectivity index is 2.40.